The maximum Gasteiger partial charge on any atom is 0.256 e. The van der Waals surface area contributed by atoms with Gasteiger partial charge in [-0.05, 0) is 50.2 Å². The molecule has 3 aromatic rings. The molecule has 0 radical (unpaired) electrons. The van der Waals surface area contributed by atoms with E-state index in [-0.39, 0.29) is 17.2 Å². The predicted octanol–water partition coefficient (Wildman–Crippen LogP) is 3.37. The van der Waals surface area contributed by atoms with Gasteiger partial charge in [0.25, 0.3) is 11.8 Å². The molecule has 2 aromatic carbocycles. The van der Waals surface area contributed by atoms with Gasteiger partial charge in [-0.15, -0.1) is 0 Å². The Morgan fingerprint density at radius 1 is 0.839 bits per heavy atom. The van der Waals surface area contributed by atoms with E-state index in [1.165, 1.54) is 46.0 Å². The number of halogens is 2. The number of benzene rings is 2. The number of piperazine rings is 1. The van der Waals surface area contributed by atoms with E-state index in [4.69, 9.17) is 0 Å². The van der Waals surface area contributed by atoms with Gasteiger partial charge in [0.05, 0.1) is 11.3 Å². The Bertz CT molecular complexity index is 1150. The van der Waals surface area contributed by atoms with E-state index >= 15 is 0 Å². The van der Waals surface area contributed by atoms with Crippen molar-refractivity contribution in [1.29, 1.82) is 0 Å². The van der Waals surface area contributed by atoms with Crippen molar-refractivity contribution in [3.8, 4) is 5.69 Å². The molecule has 2 heterocycles. The first-order chi connectivity index (χ1) is 14.8. The molecule has 6 nitrogen and oxygen atoms in total. The van der Waals surface area contributed by atoms with Gasteiger partial charge in [0, 0.05) is 37.4 Å². The van der Waals surface area contributed by atoms with Crippen LogP contribution in [0.5, 0.6) is 0 Å². The fourth-order valence-electron chi connectivity index (χ4n) is 3.78. The zero-order valence-electron chi connectivity index (χ0n) is 17.3. The number of hydrogen-bond acceptors (Lipinski definition) is 3. The molecule has 1 aromatic heterocycles. The highest BCUT2D eigenvalue weighted by molar-refractivity contribution is 5.96. The van der Waals surface area contributed by atoms with E-state index in [1.54, 1.807) is 11.0 Å². The lowest BCUT2D eigenvalue weighted by molar-refractivity contribution is 0.0532. The van der Waals surface area contributed by atoms with E-state index in [2.05, 4.69) is 5.10 Å². The Balaban J connectivity index is 1.48. The monoisotopic (exact) mass is 424 g/mol. The molecule has 0 N–H and O–H groups in total. The van der Waals surface area contributed by atoms with E-state index in [1.807, 2.05) is 19.9 Å². The van der Waals surface area contributed by atoms with Crippen molar-refractivity contribution in [2.45, 2.75) is 13.8 Å². The molecular weight excluding hydrogens is 402 g/mol. The van der Waals surface area contributed by atoms with Crippen LogP contribution in [-0.2, 0) is 0 Å². The molecule has 0 aliphatic carbocycles. The number of rotatable bonds is 3. The molecule has 4 rings (SSSR count). The molecular formula is C23H22F2N4O2. The number of carbonyl (C=O) groups excluding carboxylic acids is 2. The zero-order valence-corrected chi connectivity index (χ0v) is 17.3. The van der Waals surface area contributed by atoms with E-state index < -0.39 is 17.5 Å². The van der Waals surface area contributed by atoms with Crippen molar-refractivity contribution in [3.63, 3.8) is 0 Å². The molecule has 1 saturated heterocycles. The summed E-state index contributed by atoms with van der Waals surface area (Å²) in [5, 5.41) is 4.30. The summed E-state index contributed by atoms with van der Waals surface area (Å²) < 4.78 is 29.8. The minimum absolute atomic E-state index is 0.0235. The molecule has 8 heteroatoms. The van der Waals surface area contributed by atoms with Crippen LogP contribution in [0.1, 0.15) is 32.1 Å². The van der Waals surface area contributed by atoms with Gasteiger partial charge in [0.15, 0.2) is 0 Å². The minimum Gasteiger partial charge on any atom is -0.335 e. The average molecular weight is 424 g/mol. The van der Waals surface area contributed by atoms with Crippen molar-refractivity contribution in [2.75, 3.05) is 26.2 Å². The van der Waals surface area contributed by atoms with Gasteiger partial charge >= 0.3 is 0 Å². The maximum atomic E-state index is 14.4. The van der Waals surface area contributed by atoms with E-state index in [0.717, 1.165) is 11.4 Å². The topological polar surface area (TPSA) is 58.4 Å². The molecule has 0 unspecified atom stereocenters. The van der Waals surface area contributed by atoms with Gasteiger partial charge in [-0.1, -0.05) is 12.1 Å². The van der Waals surface area contributed by atoms with Crippen LogP contribution in [0.4, 0.5) is 8.78 Å². The molecule has 0 atom stereocenters. The molecule has 0 saturated carbocycles. The Labute approximate surface area is 178 Å². The Morgan fingerprint density at radius 2 is 1.48 bits per heavy atom. The largest absolute Gasteiger partial charge is 0.335 e. The lowest BCUT2D eigenvalue weighted by Crippen LogP contribution is -2.50. The zero-order chi connectivity index (χ0) is 22.1. The first-order valence-corrected chi connectivity index (χ1v) is 10.0. The quantitative estimate of drug-likeness (QED) is 0.648. The van der Waals surface area contributed by atoms with Gasteiger partial charge in [0.2, 0.25) is 0 Å². The predicted molar refractivity (Wildman–Crippen MR) is 111 cm³/mol. The van der Waals surface area contributed by atoms with Crippen LogP contribution in [0.15, 0.2) is 48.5 Å². The fourth-order valence-corrected chi connectivity index (χ4v) is 3.78. The van der Waals surface area contributed by atoms with Gasteiger partial charge in [-0.25, -0.2) is 13.5 Å². The van der Waals surface area contributed by atoms with Crippen LogP contribution < -0.4 is 0 Å². The molecule has 1 aliphatic rings. The number of aromatic nitrogens is 2. The third-order valence-electron chi connectivity index (χ3n) is 5.39. The third-order valence-corrected chi connectivity index (χ3v) is 5.39. The molecule has 0 bridgehead atoms. The highest BCUT2D eigenvalue weighted by Crippen LogP contribution is 2.20. The summed E-state index contributed by atoms with van der Waals surface area (Å²) in [6.07, 6.45) is 0. The first-order valence-electron chi connectivity index (χ1n) is 10.0. The van der Waals surface area contributed by atoms with Gasteiger partial charge in [0.1, 0.15) is 17.3 Å². The Morgan fingerprint density at radius 3 is 2.10 bits per heavy atom. The maximum absolute atomic E-state index is 14.4. The first kappa shape index (κ1) is 20.7. The van der Waals surface area contributed by atoms with Crippen LogP contribution in [0.3, 0.4) is 0 Å². The van der Waals surface area contributed by atoms with Crippen LogP contribution in [0.2, 0.25) is 0 Å². The average Bonchev–Trinajstić information content (AvgIpc) is 3.11. The Kier molecular flexibility index (Phi) is 5.54. The second-order valence-electron chi connectivity index (χ2n) is 7.57. The number of hydrogen-bond donors (Lipinski definition) is 0. The molecule has 160 valence electrons. The summed E-state index contributed by atoms with van der Waals surface area (Å²) in [5.41, 5.74) is 2.10. The SMILES string of the molecule is Cc1cc(C)n(-c2cc(C(=O)N3CCN(C(=O)c4ccccc4F)CC3)ccc2F)n1. The van der Waals surface area contributed by atoms with Crippen LogP contribution >= 0.6 is 0 Å². The Hall–Kier alpha value is -3.55. The molecule has 1 aliphatic heterocycles. The second-order valence-corrected chi connectivity index (χ2v) is 7.57. The molecule has 1 fully saturated rings. The van der Waals surface area contributed by atoms with Crippen molar-refractivity contribution in [3.05, 3.63) is 82.7 Å². The summed E-state index contributed by atoms with van der Waals surface area (Å²) in [7, 11) is 0. The highest BCUT2D eigenvalue weighted by atomic mass is 19.1. The van der Waals surface area contributed by atoms with Gasteiger partial charge in [-0.3, -0.25) is 9.59 Å². The number of carbonyl (C=O) groups is 2. The lowest BCUT2D eigenvalue weighted by Gasteiger charge is -2.35. The van der Waals surface area contributed by atoms with Crippen molar-refractivity contribution >= 4 is 11.8 Å². The van der Waals surface area contributed by atoms with Crippen molar-refractivity contribution in [2.24, 2.45) is 0 Å². The lowest BCUT2D eigenvalue weighted by atomic mass is 10.1. The number of nitrogens with zero attached hydrogens (tertiary/aromatic N) is 4. The van der Waals surface area contributed by atoms with Crippen LogP contribution in [0, 0.1) is 25.5 Å². The smallest absolute Gasteiger partial charge is 0.256 e. The summed E-state index contributed by atoms with van der Waals surface area (Å²) >= 11 is 0. The highest BCUT2D eigenvalue weighted by Gasteiger charge is 2.27. The minimum atomic E-state index is -0.561. The van der Waals surface area contributed by atoms with Crippen molar-refractivity contribution < 1.29 is 18.4 Å². The molecule has 31 heavy (non-hydrogen) atoms. The number of amides is 2. The van der Waals surface area contributed by atoms with Crippen molar-refractivity contribution in [1.82, 2.24) is 19.6 Å². The third kappa shape index (κ3) is 4.05. The van der Waals surface area contributed by atoms with Gasteiger partial charge < -0.3 is 9.80 Å². The summed E-state index contributed by atoms with van der Waals surface area (Å²) in [6.45, 7) is 4.85. The number of aryl methyl sites for hydroxylation is 2. The molecule has 2 amide bonds. The van der Waals surface area contributed by atoms with Crippen LogP contribution in [-0.4, -0.2) is 57.6 Å². The second kappa shape index (κ2) is 8.29. The fraction of sp³-hybridized carbons (Fsp3) is 0.261. The normalized spacial score (nSPS) is 14.1. The van der Waals surface area contributed by atoms with Gasteiger partial charge in [-0.2, -0.15) is 5.10 Å². The molecule has 0 spiro atoms. The van der Waals surface area contributed by atoms with E-state index in [9.17, 15) is 18.4 Å². The summed E-state index contributed by atoms with van der Waals surface area (Å²) in [4.78, 5) is 28.7. The standard InChI is InChI=1S/C23H22F2N4O2/c1-15-13-16(2)29(26-15)21-14-17(7-8-20(21)25)22(30)27-9-11-28(12-10-27)23(31)18-5-3-4-6-19(18)24/h3-8,13-14H,9-12H2,1-2H3. The van der Waals surface area contributed by atoms with E-state index in [0.29, 0.717) is 31.7 Å². The summed E-state index contributed by atoms with van der Waals surface area (Å²) in [6, 6.07) is 11.9. The van der Waals surface area contributed by atoms with Crippen LogP contribution in [0.25, 0.3) is 5.69 Å². The summed E-state index contributed by atoms with van der Waals surface area (Å²) in [5.74, 6) is -1.67.